The molecule has 28 heavy (non-hydrogen) atoms. The minimum atomic E-state index is -0.173. The van der Waals surface area contributed by atoms with E-state index in [1.807, 2.05) is 10.4 Å². The van der Waals surface area contributed by atoms with E-state index in [0.29, 0.717) is 6.61 Å². The summed E-state index contributed by atoms with van der Waals surface area (Å²) in [6, 6.07) is 17.3. The molecular weight excluding hydrogens is 368 g/mol. The first-order valence-electron chi connectivity index (χ1n) is 9.87. The molecule has 1 fully saturated rings. The van der Waals surface area contributed by atoms with Crippen LogP contribution in [-0.4, -0.2) is 28.6 Å². The van der Waals surface area contributed by atoms with Crippen molar-refractivity contribution in [3.05, 3.63) is 75.7 Å². The minimum Gasteiger partial charge on any atom is -0.448 e. The molecule has 2 aliphatic heterocycles. The number of ether oxygens (including phenoxy) is 1. The van der Waals surface area contributed by atoms with Crippen LogP contribution >= 0.6 is 11.3 Å². The predicted octanol–water partition coefficient (Wildman–Crippen LogP) is 5.15. The van der Waals surface area contributed by atoms with E-state index in [9.17, 15) is 4.79 Å². The Morgan fingerprint density at radius 1 is 1.07 bits per heavy atom. The quantitative estimate of drug-likeness (QED) is 0.609. The SMILES string of the molecule is O=C(OCC1c2ccccc2-c2ccccc21)N1C2CCC1c1scnc1C2. The molecule has 2 atom stereocenters. The number of nitrogens with zero attached hydrogens (tertiary/aromatic N) is 2. The van der Waals surface area contributed by atoms with Gasteiger partial charge in [0.15, 0.2) is 0 Å². The molecule has 1 saturated heterocycles. The summed E-state index contributed by atoms with van der Waals surface area (Å²) in [5.74, 6) is 0.109. The molecule has 2 bridgehead atoms. The highest BCUT2D eigenvalue weighted by molar-refractivity contribution is 7.09. The molecule has 3 heterocycles. The van der Waals surface area contributed by atoms with E-state index in [1.54, 1.807) is 11.3 Å². The largest absolute Gasteiger partial charge is 0.448 e. The van der Waals surface area contributed by atoms with Gasteiger partial charge in [0.05, 0.1) is 22.1 Å². The molecule has 0 N–H and O–H groups in total. The molecule has 1 amide bonds. The number of carbonyl (C=O) groups excluding carboxylic acids is 1. The Bertz CT molecular complexity index is 1030. The molecule has 6 rings (SSSR count). The first-order chi connectivity index (χ1) is 13.8. The highest BCUT2D eigenvalue weighted by atomic mass is 32.1. The molecule has 4 nitrogen and oxygen atoms in total. The third-order valence-electron chi connectivity index (χ3n) is 6.45. The highest BCUT2D eigenvalue weighted by Crippen LogP contribution is 2.47. The molecule has 2 unspecified atom stereocenters. The molecule has 1 aliphatic carbocycles. The van der Waals surface area contributed by atoms with Crippen LogP contribution in [0.5, 0.6) is 0 Å². The maximum atomic E-state index is 13.1. The second kappa shape index (κ2) is 6.17. The minimum absolute atomic E-state index is 0.109. The van der Waals surface area contributed by atoms with Crippen molar-refractivity contribution in [3.63, 3.8) is 0 Å². The number of fused-ring (bicyclic) bond motifs is 7. The van der Waals surface area contributed by atoms with Crippen LogP contribution in [0.2, 0.25) is 0 Å². The topological polar surface area (TPSA) is 42.4 Å². The van der Waals surface area contributed by atoms with E-state index in [0.717, 1.165) is 19.3 Å². The van der Waals surface area contributed by atoms with Gasteiger partial charge >= 0.3 is 6.09 Å². The Kier molecular flexibility index (Phi) is 3.60. The molecule has 2 aromatic carbocycles. The van der Waals surface area contributed by atoms with Gasteiger partial charge in [-0.1, -0.05) is 48.5 Å². The van der Waals surface area contributed by atoms with Crippen LogP contribution in [0.3, 0.4) is 0 Å². The number of hydrogen-bond donors (Lipinski definition) is 0. The summed E-state index contributed by atoms with van der Waals surface area (Å²) >= 11 is 1.67. The van der Waals surface area contributed by atoms with Crippen molar-refractivity contribution in [2.75, 3.05) is 6.61 Å². The van der Waals surface area contributed by atoms with Crippen LogP contribution in [0.15, 0.2) is 54.0 Å². The van der Waals surface area contributed by atoms with Crippen LogP contribution in [-0.2, 0) is 11.2 Å². The van der Waals surface area contributed by atoms with E-state index in [1.165, 1.54) is 32.8 Å². The molecular formula is C23H20N2O2S. The molecule has 1 aromatic heterocycles. The van der Waals surface area contributed by atoms with Gasteiger partial charge in [0.25, 0.3) is 0 Å². The zero-order valence-electron chi connectivity index (χ0n) is 15.4. The van der Waals surface area contributed by atoms with Crippen LogP contribution in [0.25, 0.3) is 11.1 Å². The summed E-state index contributed by atoms with van der Waals surface area (Å²) in [5.41, 5.74) is 8.10. The molecule has 0 radical (unpaired) electrons. The summed E-state index contributed by atoms with van der Waals surface area (Å²) < 4.78 is 5.92. The predicted molar refractivity (Wildman–Crippen MR) is 108 cm³/mol. The molecule has 3 aromatic rings. The molecule has 0 saturated carbocycles. The van der Waals surface area contributed by atoms with Gasteiger partial charge in [-0.3, -0.25) is 4.90 Å². The lowest BCUT2D eigenvalue weighted by molar-refractivity contribution is 0.0782. The number of amides is 1. The van der Waals surface area contributed by atoms with Gasteiger partial charge in [-0.15, -0.1) is 11.3 Å². The van der Waals surface area contributed by atoms with Crippen LogP contribution < -0.4 is 0 Å². The summed E-state index contributed by atoms with van der Waals surface area (Å²) in [5, 5.41) is 0. The van der Waals surface area contributed by atoms with Gasteiger partial charge in [0, 0.05) is 18.4 Å². The molecule has 3 aliphatic rings. The van der Waals surface area contributed by atoms with Gasteiger partial charge in [-0.2, -0.15) is 0 Å². The van der Waals surface area contributed by atoms with E-state index in [4.69, 9.17) is 4.74 Å². The van der Waals surface area contributed by atoms with Crippen molar-refractivity contribution < 1.29 is 9.53 Å². The fraction of sp³-hybridized carbons (Fsp3) is 0.304. The molecule has 0 spiro atoms. The number of aromatic nitrogens is 1. The average molecular weight is 388 g/mol. The van der Waals surface area contributed by atoms with Crippen molar-refractivity contribution in [3.8, 4) is 11.1 Å². The lowest BCUT2D eigenvalue weighted by Gasteiger charge is -2.33. The summed E-state index contributed by atoms with van der Waals surface area (Å²) in [6.45, 7) is 0.387. The first-order valence-corrected chi connectivity index (χ1v) is 10.7. The maximum Gasteiger partial charge on any atom is 0.410 e. The van der Waals surface area contributed by atoms with Gasteiger partial charge in [0.2, 0.25) is 0 Å². The summed E-state index contributed by atoms with van der Waals surface area (Å²) in [6.07, 6.45) is 2.75. The number of carbonyl (C=O) groups is 1. The lowest BCUT2D eigenvalue weighted by Crippen LogP contribution is -2.42. The normalized spacial score (nSPS) is 21.9. The highest BCUT2D eigenvalue weighted by Gasteiger charge is 2.45. The van der Waals surface area contributed by atoms with Gasteiger partial charge in [-0.25, -0.2) is 9.78 Å². The Morgan fingerprint density at radius 3 is 2.54 bits per heavy atom. The Labute approximate surface area is 167 Å². The fourth-order valence-corrected chi connectivity index (χ4v) is 6.17. The fourth-order valence-electron chi connectivity index (χ4n) is 5.21. The second-order valence-corrected chi connectivity index (χ2v) is 8.71. The van der Waals surface area contributed by atoms with Crippen LogP contribution in [0.1, 0.15) is 46.5 Å². The third kappa shape index (κ3) is 2.29. The summed E-state index contributed by atoms with van der Waals surface area (Å²) in [7, 11) is 0. The monoisotopic (exact) mass is 388 g/mol. The van der Waals surface area contributed by atoms with Crippen molar-refractivity contribution in [2.24, 2.45) is 0 Å². The smallest absolute Gasteiger partial charge is 0.410 e. The van der Waals surface area contributed by atoms with E-state index >= 15 is 0 Å². The maximum absolute atomic E-state index is 13.1. The second-order valence-electron chi connectivity index (χ2n) is 7.83. The van der Waals surface area contributed by atoms with Crippen molar-refractivity contribution in [1.82, 2.24) is 9.88 Å². The Morgan fingerprint density at radius 2 is 1.79 bits per heavy atom. The third-order valence-corrected chi connectivity index (χ3v) is 7.43. The summed E-state index contributed by atoms with van der Waals surface area (Å²) in [4.78, 5) is 20.8. The zero-order valence-corrected chi connectivity index (χ0v) is 16.2. The van der Waals surface area contributed by atoms with Gasteiger partial charge in [-0.05, 0) is 35.1 Å². The zero-order chi connectivity index (χ0) is 18.7. The number of benzene rings is 2. The Hall–Kier alpha value is -2.66. The molecule has 140 valence electrons. The average Bonchev–Trinajstić information content (AvgIpc) is 3.41. The number of hydrogen-bond acceptors (Lipinski definition) is 4. The van der Waals surface area contributed by atoms with Crippen molar-refractivity contribution in [2.45, 2.75) is 37.3 Å². The lowest BCUT2D eigenvalue weighted by atomic mass is 9.98. The first kappa shape index (κ1) is 16.3. The standard InChI is InChI=1S/C23H20N2O2S/c26-23(25-14-9-10-21(25)22-20(11-14)24-13-28-22)27-12-19-17-7-3-1-5-15(17)16-6-2-4-8-18(16)19/h1-8,13-14,19,21H,9-12H2. The number of thiazole rings is 1. The van der Waals surface area contributed by atoms with Crippen LogP contribution in [0, 0.1) is 0 Å². The van der Waals surface area contributed by atoms with Gasteiger partial charge < -0.3 is 4.74 Å². The molecule has 5 heteroatoms. The van der Waals surface area contributed by atoms with E-state index in [-0.39, 0.29) is 24.1 Å². The van der Waals surface area contributed by atoms with E-state index in [2.05, 4.69) is 53.5 Å². The van der Waals surface area contributed by atoms with Crippen LogP contribution in [0.4, 0.5) is 4.79 Å². The van der Waals surface area contributed by atoms with Gasteiger partial charge in [0.1, 0.15) is 6.61 Å². The Balaban J connectivity index is 1.25. The number of rotatable bonds is 2. The van der Waals surface area contributed by atoms with Crippen molar-refractivity contribution >= 4 is 17.4 Å². The van der Waals surface area contributed by atoms with E-state index < -0.39 is 0 Å². The van der Waals surface area contributed by atoms with Crippen molar-refractivity contribution in [1.29, 1.82) is 0 Å².